The van der Waals surface area contributed by atoms with Crippen LogP contribution in [0.25, 0.3) is 11.1 Å². The van der Waals surface area contributed by atoms with Crippen LogP contribution in [-0.2, 0) is 51.0 Å². The van der Waals surface area contributed by atoms with E-state index in [0.29, 0.717) is 43.6 Å². The maximum atomic E-state index is 15.0. The van der Waals surface area contributed by atoms with Crippen molar-refractivity contribution in [3.8, 4) is 11.1 Å². The second kappa shape index (κ2) is 25.7. The third-order valence-corrected chi connectivity index (χ3v) is 17.2. The number of hydrogen-bond donors (Lipinski definition) is 5. The van der Waals surface area contributed by atoms with Gasteiger partial charge in [-0.2, -0.15) is 0 Å². The Balaban J connectivity index is 1.23. The van der Waals surface area contributed by atoms with Crippen molar-refractivity contribution in [2.24, 2.45) is 23.7 Å². The van der Waals surface area contributed by atoms with Gasteiger partial charge in [0.1, 0.15) is 36.6 Å². The highest BCUT2D eigenvalue weighted by Gasteiger charge is 2.55. The van der Waals surface area contributed by atoms with Gasteiger partial charge in [0.05, 0.1) is 65.6 Å². The lowest BCUT2D eigenvalue weighted by Gasteiger charge is -2.51. The maximum Gasteiger partial charge on any atom is 0.309 e. The number of halogens is 1. The van der Waals surface area contributed by atoms with E-state index < -0.39 is 108 Å². The lowest BCUT2D eigenvalue weighted by molar-refractivity contribution is -0.277. The monoisotopic (exact) mass is 1050 g/mol. The van der Waals surface area contributed by atoms with Crippen molar-refractivity contribution in [2.75, 3.05) is 41.6 Å². The number of methoxy groups -OCH3 is 3. The van der Waals surface area contributed by atoms with Crippen molar-refractivity contribution >= 4 is 11.7 Å². The first-order valence-electron chi connectivity index (χ1n) is 26.8. The molecular formula is C56H87FN6O12. The first-order chi connectivity index (χ1) is 35.5. The zero-order valence-electron chi connectivity index (χ0n) is 46.5. The Morgan fingerprint density at radius 3 is 2.21 bits per heavy atom. The molecule has 3 fully saturated rings. The summed E-state index contributed by atoms with van der Waals surface area (Å²) in [5.74, 6) is -3.36. The van der Waals surface area contributed by atoms with Crippen LogP contribution in [0.2, 0.25) is 0 Å². The molecule has 420 valence electrons. The lowest BCUT2D eigenvalue weighted by Crippen LogP contribution is -2.61. The van der Waals surface area contributed by atoms with Gasteiger partial charge in [-0.25, -0.2) is 9.07 Å². The SMILES string of the molecule is CC[C@H]1OC(=O)[C@H](C)[C@@H](C2C[C@@](C)(OC)[C@@H](O)[C@H](C)O2)[C@H](C)[C@@H](O[C@H]2C[C@@H](N(C)CCc3cn([C@H](CF)[C@H](OC)c4ccc(-c5ccc(CO)nc5)cc4)nn3)C[C@@H](C)O2)[C@](C)(OC)CCC(=N)[C@H](C)[C@@H](O)[C@]1(C)O. The summed E-state index contributed by atoms with van der Waals surface area (Å²) in [5, 5.41) is 62.2. The summed E-state index contributed by atoms with van der Waals surface area (Å²) < 4.78 is 61.5. The number of rotatable bonds is 17. The molecule has 0 aliphatic carbocycles. The van der Waals surface area contributed by atoms with Gasteiger partial charge in [-0.15, -0.1) is 5.10 Å². The molecule has 18 nitrogen and oxygen atoms in total. The van der Waals surface area contributed by atoms with Crippen LogP contribution >= 0.6 is 0 Å². The van der Waals surface area contributed by atoms with E-state index in [4.69, 9.17) is 33.2 Å². The molecule has 2 aromatic heterocycles. The summed E-state index contributed by atoms with van der Waals surface area (Å²) in [6.45, 7) is 16.0. The number of carbonyl (C=O) groups excluding carboxylic acids is 1. The van der Waals surface area contributed by atoms with Crippen molar-refractivity contribution < 1.29 is 62.8 Å². The highest BCUT2D eigenvalue weighted by molar-refractivity contribution is 5.84. The number of ether oxygens (including phenoxy) is 7. The second-order valence-corrected chi connectivity index (χ2v) is 22.3. The Morgan fingerprint density at radius 2 is 1.61 bits per heavy atom. The molecule has 6 rings (SSSR count). The molecule has 3 aliphatic heterocycles. The topological polar surface area (TPSA) is 233 Å². The average molecular weight is 1060 g/mol. The fourth-order valence-corrected chi connectivity index (χ4v) is 12.0. The molecule has 0 amide bonds. The average Bonchev–Trinajstić information content (AvgIpc) is 3.88. The molecule has 0 saturated carbocycles. The van der Waals surface area contributed by atoms with Crippen LogP contribution in [0.1, 0.15) is 130 Å². The highest BCUT2D eigenvalue weighted by atomic mass is 19.1. The predicted molar refractivity (Wildman–Crippen MR) is 279 cm³/mol. The minimum Gasteiger partial charge on any atom is -0.459 e. The number of carbonyl (C=O) groups is 1. The van der Waals surface area contributed by atoms with Gasteiger partial charge in [0.25, 0.3) is 0 Å². The molecule has 5 N–H and O–H groups in total. The van der Waals surface area contributed by atoms with Crippen LogP contribution in [0.5, 0.6) is 0 Å². The number of pyridine rings is 1. The number of nitrogens with zero attached hydrogens (tertiary/aromatic N) is 5. The van der Waals surface area contributed by atoms with Crippen LogP contribution < -0.4 is 0 Å². The molecule has 0 bridgehead atoms. The number of hydrogen-bond acceptors (Lipinski definition) is 17. The summed E-state index contributed by atoms with van der Waals surface area (Å²) >= 11 is 0. The summed E-state index contributed by atoms with van der Waals surface area (Å²) in [7, 11) is 6.76. The second-order valence-electron chi connectivity index (χ2n) is 22.3. The summed E-state index contributed by atoms with van der Waals surface area (Å²) in [6, 6.07) is 10.6. The Hall–Kier alpha value is -3.86. The number of aliphatic hydroxyl groups excluding tert-OH is 3. The van der Waals surface area contributed by atoms with Crippen molar-refractivity contribution in [3.63, 3.8) is 0 Å². The number of esters is 1. The van der Waals surface area contributed by atoms with Gasteiger partial charge in [-0.1, -0.05) is 63.2 Å². The van der Waals surface area contributed by atoms with Gasteiger partial charge in [0.2, 0.25) is 0 Å². The maximum absolute atomic E-state index is 15.0. The van der Waals surface area contributed by atoms with E-state index in [1.807, 2.05) is 65.1 Å². The zero-order chi connectivity index (χ0) is 55.2. The third-order valence-electron chi connectivity index (χ3n) is 17.2. The Morgan fingerprint density at radius 1 is 0.933 bits per heavy atom. The number of benzene rings is 1. The van der Waals surface area contributed by atoms with Gasteiger partial charge >= 0.3 is 5.97 Å². The van der Waals surface area contributed by atoms with Gasteiger partial charge in [0, 0.05) is 88.7 Å². The number of cyclic esters (lactones) is 1. The molecule has 3 aromatic rings. The fourth-order valence-electron chi connectivity index (χ4n) is 12.0. The van der Waals surface area contributed by atoms with E-state index in [0.717, 1.165) is 16.7 Å². The fraction of sp³-hybridized carbons (Fsp3) is 0.732. The summed E-state index contributed by atoms with van der Waals surface area (Å²) in [6.07, 6.45) is -0.957. The first kappa shape index (κ1) is 60.4. The molecule has 18 atom stereocenters. The quantitative estimate of drug-likeness (QED) is 0.0896. The van der Waals surface area contributed by atoms with Crippen LogP contribution in [-0.4, -0.2) is 170 Å². The molecule has 5 heterocycles. The van der Waals surface area contributed by atoms with E-state index in [1.54, 1.807) is 67.5 Å². The standard InChI is InChI=1S/C56H87FN6O12/c1-14-46-56(9,68)50(65)33(3)43(58)21-23-54(7,70-12)52(34(4)48(35(5)53(67)74-46)45-27-55(8,71-13)51(66)36(6)73-45)75-47-26-42(25-32(2)72-47)62(10)24-22-40-30-63(61-60-40)44(28-57)49(69-11)38-17-15-37(16-18-38)39-19-20-41(31-64)59-29-39/h15-20,29-30,32-36,42,44-52,58,64-66,68H,14,21-28,31H2,1-13H3/t32-,33+,34+,35-,36+,42+,44-,45?,46-,47+,48+,49-,50-,51+,52-,54-,55-,56-/m1/s1. The Labute approximate surface area is 443 Å². The normalized spacial score (nSPS) is 36.4. The van der Waals surface area contributed by atoms with Crippen LogP contribution in [0.4, 0.5) is 4.39 Å². The van der Waals surface area contributed by atoms with E-state index in [-0.39, 0.29) is 43.7 Å². The van der Waals surface area contributed by atoms with Gasteiger partial charge in [-0.3, -0.25) is 9.78 Å². The molecule has 19 heteroatoms. The molecule has 1 unspecified atom stereocenters. The smallest absolute Gasteiger partial charge is 0.309 e. The molecule has 3 aliphatic rings. The molecule has 75 heavy (non-hydrogen) atoms. The van der Waals surface area contributed by atoms with Crippen molar-refractivity contribution in [1.82, 2.24) is 24.9 Å². The summed E-state index contributed by atoms with van der Waals surface area (Å²) in [5.41, 5.74) is 0.0773. The van der Waals surface area contributed by atoms with Crippen LogP contribution in [0, 0.1) is 29.1 Å². The predicted octanol–water partition coefficient (Wildman–Crippen LogP) is 6.60. The number of aromatic nitrogens is 4. The molecule has 0 spiro atoms. The Bertz CT molecular complexity index is 2290. The third kappa shape index (κ3) is 13.5. The van der Waals surface area contributed by atoms with Crippen LogP contribution in [0.15, 0.2) is 48.8 Å². The molecule has 3 saturated heterocycles. The molecule has 0 radical (unpaired) electrons. The zero-order valence-corrected chi connectivity index (χ0v) is 46.5. The first-order valence-corrected chi connectivity index (χ1v) is 26.8. The minimum atomic E-state index is -1.88. The molecule has 1 aromatic carbocycles. The van der Waals surface area contributed by atoms with Crippen molar-refractivity contribution in [1.29, 1.82) is 5.41 Å². The van der Waals surface area contributed by atoms with E-state index >= 15 is 0 Å². The number of aliphatic hydroxyl groups is 4. The van der Waals surface area contributed by atoms with Gasteiger partial charge in [0.15, 0.2) is 6.29 Å². The van der Waals surface area contributed by atoms with Crippen molar-refractivity contribution in [2.45, 2.75) is 198 Å². The Kier molecular flexibility index (Phi) is 20.7. The van der Waals surface area contributed by atoms with Gasteiger partial charge in [-0.05, 0) is 90.5 Å². The van der Waals surface area contributed by atoms with Crippen LogP contribution in [0.3, 0.4) is 0 Å². The number of likely N-dealkylation sites (N-methyl/N-ethyl adjacent to an activating group) is 1. The lowest BCUT2D eigenvalue weighted by atomic mass is 9.68. The molecular weight excluding hydrogens is 968 g/mol. The van der Waals surface area contributed by atoms with E-state index in [9.17, 15) is 35.0 Å². The van der Waals surface area contributed by atoms with Crippen molar-refractivity contribution in [3.05, 3.63) is 65.7 Å². The number of nitrogens with one attached hydrogen (secondary N) is 1. The highest BCUT2D eigenvalue weighted by Crippen LogP contribution is 2.45. The largest absolute Gasteiger partial charge is 0.459 e. The van der Waals surface area contributed by atoms with E-state index in [2.05, 4.69) is 20.2 Å². The minimum absolute atomic E-state index is 0.00430. The van der Waals surface area contributed by atoms with Gasteiger partial charge < -0.3 is 63.9 Å². The van der Waals surface area contributed by atoms with E-state index in [1.165, 1.54) is 11.6 Å². The summed E-state index contributed by atoms with van der Waals surface area (Å²) in [4.78, 5) is 21.1. The number of alkyl halides is 1.